The minimum atomic E-state index is 0.679. The Morgan fingerprint density at radius 1 is 1.29 bits per heavy atom. The van der Waals surface area contributed by atoms with Gasteiger partial charge in [0.2, 0.25) is 0 Å². The molecule has 0 aliphatic carbocycles. The molecule has 0 radical (unpaired) electrons. The van der Waals surface area contributed by atoms with E-state index in [1.165, 1.54) is 16.5 Å². The first-order valence-electron chi connectivity index (χ1n) is 7.40. The molecule has 3 nitrogen and oxygen atoms in total. The molecular formula is C17H21N3S. The second-order valence-corrected chi connectivity index (χ2v) is 6.72. The monoisotopic (exact) mass is 299 g/mol. The smallest absolute Gasteiger partial charge is 0.112 e. The Morgan fingerprint density at radius 3 is 2.95 bits per heavy atom. The van der Waals surface area contributed by atoms with Gasteiger partial charge >= 0.3 is 0 Å². The van der Waals surface area contributed by atoms with Crippen molar-refractivity contribution in [2.45, 2.75) is 26.9 Å². The van der Waals surface area contributed by atoms with Crippen LogP contribution in [0.5, 0.6) is 0 Å². The van der Waals surface area contributed by atoms with Gasteiger partial charge in [0, 0.05) is 35.2 Å². The molecule has 2 heterocycles. The summed E-state index contributed by atoms with van der Waals surface area (Å²) in [5, 5.41) is 8.05. The zero-order valence-electron chi connectivity index (χ0n) is 12.5. The topological polar surface area (TPSA) is 29.9 Å². The largest absolute Gasteiger partial charge is 0.341 e. The van der Waals surface area contributed by atoms with Crippen molar-refractivity contribution >= 4 is 22.2 Å². The van der Waals surface area contributed by atoms with Crippen LogP contribution in [-0.4, -0.2) is 16.1 Å². The molecule has 2 aromatic heterocycles. The quantitative estimate of drug-likeness (QED) is 0.748. The van der Waals surface area contributed by atoms with E-state index in [0.29, 0.717) is 5.92 Å². The standard InChI is InChI=1S/C17H21N3S/c1-13(2)10-18-11-14-4-3-5-16-15(14)6-8-20(16)12-17-19-7-9-21-17/h3-9,13,18H,10-12H2,1-2H3. The van der Waals surface area contributed by atoms with Crippen LogP contribution in [0.15, 0.2) is 42.0 Å². The third-order valence-electron chi connectivity index (χ3n) is 3.56. The highest BCUT2D eigenvalue weighted by Crippen LogP contribution is 2.21. The van der Waals surface area contributed by atoms with Crippen molar-refractivity contribution in [2.24, 2.45) is 5.92 Å². The predicted molar refractivity (Wildman–Crippen MR) is 89.7 cm³/mol. The highest BCUT2D eigenvalue weighted by Gasteiger charge is 2.07. The Hall–Kier alpha value is -1.65. The molecule has 0 atom stereocenters. The molecule has 0 amide bonds. The highest BCUT2D eigenvalue weighted by atomic mass is 32.1. The first-order chi connectivity index (χ1) is 10.2. The lowest BCUT2D eigenvalue weighted by Crippen LogP contribution is -2.19. The minimum absolute atomic E-state index is 0.679. The third-order valence-corrected chi connectivity index (χ3v) is 4.33. The Balaban J connectivity index is 1.82. The van der Waals surface area contributed by atoms with Crippen LogP contribution in [0.2, 0.25) is 0 Å². The maximum absolute atomic E-state index is 4.37. The number of thiazole rings is 1. The molecular weight excluding hydrogens is 278 g/mol. The zero-order valence-corrected chi connectivity index (χ0v) is 13.4. The van der Waals surface area contributed by atoms with E-state index in [9.17, 15) is 0 Å². The van der Waals surface area contributed by atoms with E-state index in [2.05, 4.69) is 59.2 Å². The van der Waals surface area contributed by atoms with E-state index in [0.717, 1.165) is 24.6 Å². The molecule has 4 heteroatoms. The molecule has 1 aromatic carbocycles. The number of nitrogens with one attached hydrogen (secondary N) is 1. The number of fused-ring (bicyclic) bond motifs is 1. The van der Waals surface area contributed by atoms with Crippen LogP contribution >= 0.6 is 11.3 Å². The summed E-state index contributed by atoms with van der Waals surface area (Å²) in [6.45, 7) is 7.30. The molecule has 0 aliphatic heterocycles. The van der Waals surface area contributed by atoms with Gasteiger partial charge in [0.15, 0.2) is 0 Å². The molecule has 0 unspecified atom stereocenters. The average molecular weight is 299 g/mol. The van der Waals surface area contributed by atoms with Crippen molar-refractivity contribution in [1.29, 1.82) is 0 Å². The molecule has 0 aliphatic rings. The minimum Gasteiger partial charge on any atom is -0.341 e. The van der Waals surface area contributed by atoms with E-state index in [-0.39, 0.29) is 0 Å². The van der Waals surface area contributed by atoms with Gasteiger partial charge < -0.3 is 9.88 Å². The molecule has 0 saturated heterocycles. The van der Waals surface area contributed by atoms with Crippen LogP contribution in [0.25, 0.3) is 10.9 Å². The number of benzene rings is 1. The van der Waals surface area contributed by atoms with E-state index < -0.39 is 0 Å². The maximum atomic E-state index is 4.37. The van der Waals surface area contributed by atoms with Crippen molar-refractivity contribution < 1.29 is 0 Å². The molecule has 110 valence electrons. The van der Waals surface area contributed by atoms with Crippen molar-refractivity contribution in [3.8, 4) is 0 Å². The van der Waals surface area contributed by atoms with Gasteiger partial charge in [0.25, 0.3) is 0 Å². The van der Waals surface area contributed by atoms with Gasteiger partial charge in [-0.15, -0.1) is 11.3 Å². The molecule has 3 rings (SSSR count). The van der Waals surface area contributed by atoms with Gasteiger partial charge in [0.1, 0.15) is 5.01 Å². The highest BCUT2D eigenvalue weighted by molar-refractivity contribution is 7.09. The fourth-order valence-corrected chi connectivity index (χ4v) is 3.17. The normalized spacial score (nSPS) is 11.6. The SMILES string of the molecule is CC(C)CNCc1cccc2c1ccn2Cc1nccs1. The van der Waals surface area contributed by atoms with Gasteiger partial charge in [0.05, 0.1) is 6.54 Å². The van der Waals surface area contributed by atoms with Crippen molar-refractivity contribution in [3.63, 3.8) is 0 Å². The summed E-state index contributed by atoms with van der Waals surface area (Å²) in [5.74, 6) is 0.679. The van der Waals surface area contributed by atoms with E-state index in [1.807, 2.05) is 11.6 Å². The Morgan fingerprint density at radius 2 is 2.19 bits per heavy atom. The summed E-state index contributed by atoms with van der Waals surface area (Å²) in [4.78, 5) is 4.37. The number of nitrogens with zero attached hydrogens (tertiary/aromatic N) is 2. The van der Waals surface area contributed by atoms with E-state index in [4.69, 9.17) is 0 Å². The molecule has 1 N–H and O–H groups in total. The van der Waals surface area contributed by atoms with Gasteiger partial charge in [-0.2, -0.15) is 0 Å². The van der Waals surface area contributed by atoms with Crippen molar-refractivity contribution in [2.75, 3.05) is 6.54 Å². The number of hydrogen-bond acceptors (Lipinski definition) is 3. The molecule has 0 saturated carbocycles. The van der Waals surface area contributed by atoms with Crippen LogP contribution in [0, 0.1) is 5.92 Å². The summed E-state index contributed by atoms with van der Waals surface area (Å²) in [5.41, 5.74) is 2.65. The van der Waals surface area contributed by atoms with E-state index in [1.54, 1.807) is 11.3 Å². The average Bonchev–Trinajstić information content (AvgIpc) is 3.10. The fourth-order valence-electron chi connectivity index (χ4n) is 2.55. The lowest BCUT2D eigenvalue weighted by atomic mass is 10.1. The molecule has 0 spiro atoms. The first kappa shape index (κ1) is 14.3. The first-order valence-corrected chi connectivity index (χ1v) is 8.28. The van der Waals surface area contributed by atoms with Gasteiger partial charge in [-0.05, 0) is 30.2 Å². The van der Waals surface area contributed by atoms with Gasteiger partial charge in [-0.25, -0.2) is 4.98 Å². The van der Waals surface area contributed by atoms with Gasteiger partial charge in [-0.3, -0.25) is 0 Å². The van der Waals surface area contributed by atoms with Crippen LogP contribution in [0.4, 0.5) is 0 Å². The summed E-state index contributed by atoms with van der Waals surface area (Å²) < 4.78 is 2.28. The van der Waals surface area contributed by atoms with Crippen LogP contribution < -0.4 is 5.32 Å². The lowest BCUT2D eigenvalue weighted by Gasteiger charge is -2.09. The van der Waals surface area contributed by atoms with Gasteiger partial charge in [-0.1, -0.05) is 26.0 Å². The Bertz CT molecular complexity index is 698. The summed E-state index contributed by atoms with van der Waals surface area (Å²) in [6.07, 6.45) is 4.03. The Labute approximate surface area is 129 Å². The summed E-state index contributed by atoms with van der Waals surface area (Å²) in [6, 6.07) is 8.76. The van der Waals surface area contributed by atoms with Crippen LogP contribution in [-0.2, 0) is 13.1 Å². The second kappa shape index (κ2) is 6.41. The number of rotatable bonds is 6. The molecule has 0 fully saturated rings. The molecule has 0 bridgehead atoms. The predicted octanol–water partition coefficient (Wildman–Crippen LogP) is 3.89. The molecule has 3 aromatic rings. The van der Waals surface area contributed by atoms with Crippen LogP contribution in [0.3, 0.4) is 0 Å². The number of hydrogen-bond donors (Lipinski definition) is 1. The van der Waals surface area contributed by atoms with Crippen molar-refractivity contribution in [3.05, 3.63) is 52.6 Å². The van der Waals surface area contributed by atoms with E-state index >= 15 is 0 Å². The summed E-state index contributed by atoms with van der Waals surface area (Å²) in [7, 11) is 0. The molecule has 21 heavy (non-hydrogen) atoms. The lowest BCUT2D eigenvalue weighted by molar-refractivity contribution is 0.553. The summed E-state index contributed by atoms with van der Waals surface area (Å²) >= 11 is 1.71. The van der Waals surface area contributed by atoms with Crippen molar-refractivity contribution in [1.82, 2.24) is 14.9 Å². The maximum Gasteiger partial charge on any atom is 0.112 e. The third kappa shape index (κ3) is 3.34. The fraction of sp³-hybridized carbons (Fsp3) is 0.353. The van der Waals surface area contributed by atoms with Crippen LogP contribution in [0.1, 0.15) is 24.4 Å². The number of aromatic nitrogens is 2. The zero-order chi connectivity index (χ0) is 14.7. The Kier molecular flexibility index (Phi) is 4.36. The second-order valence-electron chi connectivity index (χ2n) is 5.74.